The summed E-state index contributed by atoms with van der Waals surface area (Å²) in [7, 11) is 6.11. The molecule has 0 spiro atoms. The molecular formula is C20H25BN2O3. The number of benzene rings is 1. The van der Waals surface area contributed by atoms with Gasteiger partial charge in [0.2, 0.25) is 11.8 Å². The van der Waals surface area contributed by atoms with E-state index in [2.05, 4.69) is 5.32 Å². The van der Waals surface area contributed by atoms with Gasteiger partial charge in [0.15, 0.2) is 0 Å². The Morgan fingerprint density at radius 2 is 2.19 bits per heavy atom. The predicted octanol–water partition coefficient (Wildman–Crippen LogP) is 2.69. The van der Waals surface area contributed by atoms with E-state index in [9.17, 15) is 9.59 Å². The van der Waals surface area contributed by atoms with E-state index in [4.69, 9.17) is 12.3 Å². The van der Waals surface area contributed by atoms with Crippen LogP contribution in [0.3, 0.4) is 0 Å². The van der Waals surface area contributed by atoms with Crippen LogP contribution in [-0.2, 0) is 16.0 Å². The number of para-hydroxylation sites is 1. The van der Waals surface area contributed by atoms with Crippen LogP contribution >= 0.6 is 0 Å². The number of likely N-dealkylation sites (tertiary alicyclic amines) is 1. The minimum absolute atomic E-state index is 0.118. The molecule has 2 amide bonds. The van der Waals surface area contributed by atoms with Crippen molar-refractivity contribution in [1.29, 1.82) is 0 Å². The molecule has 2 heterocycles. The maximum absolute atomic E-state index is 12.2. The Kier molecular flexibility index (Phi) is 5.12. The molecule has 1 aromatic heterocycles. The molecule has 3 rings (SSSR count). The van der Waals surface area contributed by atoms with Crippen molar-refractivity contribution in [3.05, 3.63) is 35.6 Å². The highest BCUT2D eigenvalue weighted by Crippen LogP contribution is 2.29. The summed E-state index contributed by atoms with van der Waals surface area (Å²) >= 11 is 0. The van der Waals surface area contributed by atoms with Crippen molar-refractivity contribution in [1.82, 2.24) is 10.2 Å². The van der Waals surface area contributed by atoms with Crippen molar-refractivity contribution >= 4 is 30.6 Å². The highest BCUT2D eigenvalue weighted by molar-refractivity contribution is 6.13. The monoisotopic (exact) mass is 352 g/mol. The van der Waals surface area contributed by atoms with Crippen LogP contribution in [0.5, 0.6) is 0 Å². The molecule has 0 unspecified atom stereocenters. The standard InChI is InChI=1S/C20H25BN2O3/c1-13-5-4-6-15-14(12-26-19(13)15)11-16(21)22-17(24)8-10-23-18(25)7-9-20(23,2)3/h4-6,12,16H,7-11H2,1-3H3,(H,22,24)/t16-/m0/s1. The van der Waals surface area contributed by atoms with Crippen LogP contribution in [0.25, 0.3) is 11.0 Å². The quantitative estimate of drug-likeness (QED) is 0.813. The number of rotatable bonds is 6. The average molecular weight is 352 g/mol. The third kappa shape index (κ3) is 3.79. The molecule has 0 saturated carbocycles. The first kappa shape index (κ1) is 18.6. The zero-order chi connectivity index (χ0) is 18.9. The Labute approximate surface area is 155 Å². The van der Waals surface area contributed by atoms with Gasteiger partial charge in [-0.3, -0.25) is 9.59 Å². The molecule has 1 fully saturated rings. The number of nitrogens with zero attached hydrogens (tertiary/aromatic N) is 1. The molecule has 1 atom stereocenters. The number of amides is 2. The molecule has 1 aromatic carbocycles. The SMILES string of the molecule is [B][C@H](Cc1coc2c(C)cccc12)NC(=O)CCN1C(=O)CCC1(C)C. The first-order valence-corrected chi connectivity index (χ1v) is 9.09. The summed E-state index contributed by atoms with van der Waals surface area (Å²) in [6, 6.07) is 5.98. The summed E-state index contributed by atoms with van der Waals surface area (Å²) in [6.07, 6.45) is 3.85. The number of fused-ring (bicyclic) bond motifs is 1. The third-order valence-corrected chi connectivity index (χ3v) is 5.21. The summed E-state index contributed by atoms with van der Waals surface area (Å²) < 4.78 is 5.62. The molecule has 0 aliphatic carbocycles. The Bertz CT molecular complexity index is 828. The average Bonchev–Trinajstić information content (AvgIpc) is 3.08. The Morgan fingerprint density at radius 1 is 1.42 bits per heavy atom. The number of aryl methyl sites for hydroxylation is 1. The van der Waals surface area contributed by atoms with Crippen LogP contribution in [0.1, 0.15) is 44.2 Å². The lowest BCUT2D eigenvalue weighted by Gasteiger charge is -2.31. The van der Waals surface area contributed by atoms with Gasteiger partial charge < -0.3 is 14.6 Å². The molecule has 2 radical (unpaired) electrons. The summed E-state index contributed by atoms with van der Waals surface area (Å²) in [4.78, 5) is 26.0. The smallest absolute Gasteiger partial charge is 0.223 e. The number of nitrogens with one attached hydrogen (secondary N) is 1. The van der Waals surface area contributed by atoms with Gasteiger partial charge in [0.25, 0.3) is 0 Å². The van der Waals surface area contributed by atoms with Gasteiger partial charge in [-0.05, 0) is 50.7 Å². The van der Waals surface area contributed by atoms with E-state index in [1.807, 2.05) is 39.0 Å². The van der Waals surface area contributed by atoms with E-state index in [1.165, 1.54) is 0 Å². The van der Waals surface area contributed by atoms with Crippen molar-refractivity contribution in [2.75, 3.05) is 6.54 Å². The van der Waals surface area contributed by atoms with Gasteiger partial charge in [-0.15, -0.1) is 0 Å². The predicted molar refractivity (Wildman–Crippen MR) is 102 cm³/mol. The van der Waals surface area contributed by atoms with Crippen LogP contribution in [0.4, 0.5) is 0 Å². The van der Waals surface area contributed by atoms with Crippen molar-refractivity contribution in [3.8, 4) is 0 Å². The molecule has 1 aliphatic heterocycles. The van der Waals surface area contributed by atoms with Gasteiger partial charge in [0.1, 0.15) is 5.58 Å². The van der Waals surface area contributed by atoms with Crippen LogP contribution in [0.15, 0.2) is 28.9 Å². The minimum Gasteiger partial charge on any atom is -0.464 e. The lowest BCUT2D eigenvalue weighted by Crippen LogP contribution is -2.44. The van der Waals surface area contributed by atoms with E-state index >= 15 is 0 Å². The zero-order valence-corrected chi connectivity index (χ0v) is 15.7. The maximum atomic E-state index is 12.2. The molecule has 1 aliphatic rings. The first-order chi connectivity index (χ1) is 12.3. The highest BCUT2D eigenvalue weighted by Gasteiger charge is 2.37. The third-order valence-electron chi connectivity index (χ3n) is 5.21. The second kappa shape index (κ2) is 7.18. The zero-order valence-electron chi connectivity index (χ0n) is 15.7. The fourth-order valence-corrected chi connectivity index (χ4v) is 3.64. The second-order valence-electron chi connectivity index (χ2n) is 7.70. The number of hydrogen-bond acceptors (Lipinski definition) is 3. The second-order valence-corrected chi connectivity index (χ2v) is 7.70. The molecule has 2 aromatic rings. The van der Waals surface area contributed by atoms with E-state index in [-0.39, 0.29) is 23.8 Å². The topological polar surface area (TPSA) is 62.6 Å². The fraction of sp³-hybridized carbons (Fsp3) is 0.500. The summed E-state index contributed by atoms with van der Waals surface area (Å²) in [6.45, 7) is 6.50. The van der Waals surface area contributed by atoms with Gasteiger partial charge >= 0.3 is 0 Å². The number of carbonyl (C=O) groups excluding carboxylic acids is 2. The molecule has 26 heavy (non-hydrogen) atoms. The molecule has 1 saturated heterocycles. The van der Waals surface area contributed by atoms with E-state index in [0.717, 1.165) is 28.5 Å². The highest BCUT2D eigenvalue weighted by atomic mass is 16.3. The van der Waals surface area contributed by atoms with Gasteiger partial charge in [-0.25, -0.2) is 0 Å². The van der Waals surface area contributed by atoms with Crippen LogP contribution in [0.2, 0.25) is 0 Å². The van der Waals surface area contributed by atoms with Crippen LogP contribution in [0, 0.1) is 6.92 Å². The molecule has 6 heteroatoms. The van der Waals surface area contributed by atoms with Gasteiger partial charge in [-0.2, -0.15) is 0 Å². The minimum atomic E-state index is -0.494. The molecule has 136 valence electrons. The number of furan rings is 1. The molecule has 0 bridgehead atoms. The Balaban J connectivity index is 1.54. The normalized spacial score (nSPS) is 17.7. The van der Waals surface area contributed by atoms with Crippen LogP contribution < -0.4 is 5.32 Å². The number of hydrogen-bond donors (Lipinski definition) is 1. The summed E-state index contributed by atoms with van der Waals surface area (Å²) in [5.74, 6) is -0.518. The summed E-state index contributed by atoms with van der Waals surface area (Å²) in [5, 5.41) is 3.85. The van der Waals surface area contributed by atoms with Gasteiger partial charge in [0.05, 0.1) is 14.1 Å². The number of carbonyl (C=O) groups is 2. The van der Waals surface area contributed by atoms with Crippen molar-refractivity contribution in [2.24, 2.45) is 0 Å². The molecular weight excluding hydrogens is 327 g/mol. The van der Waals surface area contributed by atoms with Crippen molar-refractivity contribution in [2.45, 2.75) is 57.9 Å². The van der Waals surface area contributed by atoms with E-state index < -0.39 is 5.94 Å². The Hall–Kier alpha value is -2.24. The lowest BCUT2D eigenvalue weighted by molar-refractivity contribution is -0.131. The molecule has 1 N–H and O–H groups in total. The van der Waals surface area contributed by atoms with Gasteiger partial charge in [0, 0.05) is 30.3 Å². The van der Waals surface area contributed by atoms with E-state index in [1.54, 1.807) is 11.2 Å². The van der Waals surface area contributed by atoms with Crippen LogP contribution in [-0.4, -0.2) is 42.6 Å². The van der Waals surface area contributed by atoms with Crippen molar-refractivity contribution < 1.29 is 14.0 Å². The Morgan fingerprint density at radius 3 is 2.88 bits per heavy atom. The maximum Gasteiger partial charge on any atom is 0.223 e. The summed E-state index contributed by atoms with van der Waals surface area (Å²) in [5.41, 5.74) is 2.74. The lowest BCUT2D eigenvalue weighted by atomic mass is 9.89. The van der Waals surface area contributed by atoms with Gasteiger partial charge in [-0.1, -0.05) is 18.2 Å². The molecule has 5 nitrogen and oxygen atoms in total. The van der Waals surface area contributed by atoms with E-state index in [0.29, 0.717) is 19.4 Å². The first-order valence-electron chi connectivity index (χ1n) is 9.09. The largest absolute Gasteiger partial charge is 0.464 e. The van der Waals surface area contributed by atoms with Crippen molar-refractivity contribution in [3.63, 3.8) is 0 Å². The fourth-order valence-electron chi connectivity index (χ4n) is 3.64.